The quantitative estimate of drug-likeness (QED) is 0.868. The van der Waals surface area contributed by atoms with Gasteiger partial charge in [-0.1, -0.05) is 25.5 Å². The van der Waals surface area contributed by atoms with Crippen LogP contribution in [0.4, 0.5) is 0 Å². The summed E-state index contributed by atoms with van der Waals surface area (Å²) in [5.41, 5.74) is 0.942. The number of nitrogens with one attached hydrogen (secondary N) is 1. The zero-order valence-corrected chi connectivity index (χ0v) is 12.8. The second kappa shape index (κ2) is 7.09. The standard InChI is InChI=1S/C17H27NO2/c1-4-13-8-9-18-16(10-13)17(19)14-6-5-7-15(11-14)20-12(2)3/h5-7,11-13,16-19H,4,8-10H2,1-3H3. The Bertz CT molecular complexity index is 419. The van der Waals surface area contributed by atoms with E-state index < -0.39 is 6.10 Å². The Hall–Kier alpha value is -1.06. The van der Waals surface area contributed by atoms with E-state index in [2.05, 4.69) is 12.2 Å². The number of ether oxygens (including phenoxy) is 1. The molecule has 1 heterocycles. The van der Waals surface area contributed by atoms with Crippen LogP contribution in [0, 0.1) is 5.92 Å². The van der Waals surface area contributed by atoms with Crippen LogP contribution in [0.15, 0.2) is 24.3 Å². The van der Waals surface area contributed by atoms with Crippen molar-refractivity contribution in [3.05, 3.63) is 29.8 Å². The summed E-state index contributed by atoms with van der Waals surface area (Å²) in [5, 5.41) is 14.1. The van der Waals surface area contributed by atoms with Gasteiger partial charge in [0.2, 0.25) is 0 Å². The summed E-state index contributed by atoms with van der Waals surface area (Å²) in [6.07, 6.45) is 3.16. The van der Waals surface area contributed by atoms with E-state index in [-0.39, 0.29) is 12.1 Å². The maximum absolute atomic E-state index is 10.6. The van der Waals surface area contributed by atoms with E-state index in [1.54, 1.807) is 0 Å². The molecule has 1 fully saturated rings. The normalized spacial score (nSPS) is 24.6. The molecule has 3 heteroatoms. The van der Waals surface area contributed by atoms with Gasteiger partial charge in [-0.2, -0.15) is 0 Å². The Kier molecular flexibility index (Phi) is 5.44. The van der Waals surface area contributed by atoms with Crippen LogP contribution in [-0.4, -0.2) is 23.8 Å². The molecule has 0 radical (unpaired) electrons. The van der Waals surface area contributed by atoms with Gasteiger partial charge in [-0.3, -0.25) is 0 Å². The zero-order chi connectivity index (χ0) is 14.5. The van der Waals surface area contributed by atoms with Crippen LogP contribution >= 0.6 is 0 Å². The molecule has 2 N–H and O–H groups in total. The van der Waals surface area contributed by atoms with Crippen molar-refractivity contribution in [2.24, 2.45) is 5.92 Å². The molecule has 112 valence electrons. The van der Waals surface area contributed by atoms with E-state index in [0.29, 0.717) is 0 Å². The third kappa shape index (κ3) is 3.97. The Labute approximate surface area is 122 Å². The van der Waals surface area contributed by atoms with E-state index >= 15 is 0 Å². The molecule has 0 amide bonds. The molecule has 20 heavy (non-hydrogen) atoms. The van der Waals surface area contributed by atoms with Gasteiger partial charge in [-0.05, 0) is 56.8 Å². The first-order chi connectivity index (χ1) is 9.60. The van der Waals surface area contributed by atoms with Gasteiger partial charge in [0.25, 0.3) is 0 Å². The Morgan fingerprint density at radius 3 is 2.90 bits per heavy atom. The predicted molar refractivity (Wildman–Crippen MR) is 82.0 cm³/mol. The van der Waals surface area contributed by atoms with Gasteiger partial charge < -0.3 is 15.2 Å². The summed E-state index contributed by atoms with van der Waals surface area (Å²) in [5.74, 6) is 1.56. The lowest BCUT2D eigenvalue weighted by Crippen LogP contribution is -2.42. The van der Waals surface area contributed by atoms with Crippen LogP contribution in [-0.2, 0) is 0 Å². The summed E-state index contributed by atoms with van der Waals surface area (Å²) in [6.45, 7) is 7.26. The number of piperidine rings is 1. The summed E-state index contributed by atoms with van der Waals surface area (Å²) < 4.78 is 5.70. The number of hydrogen-bond acceptors (Lipinski definition) is 3. The van der Waals surface area contributed by atoms with Crippen LogP contribution in [0.3, 0.4) is 0 Å². The van der Waals surface area contributed by atoms with E-state index in [9.17, 15) is 5.11 Å². The number of hydrogen-bond donors (Lipinski definition) is 2. The molecular formula is C17H27NO2. The minimum absolute atomic E-state index is 0.152. The lowest BCUT2D eigenvalue weighted by Gasteiger charge is -2.33. The van der Waals surface area contributed by atoms with Crippen molar-refractivity contribution in [1.82, 2.24) is 5.32 Å². The molecular weight excluding hydrogens is 250 g/mol. The molecule has 1 aromatic carbocycles. The summed E-state index contributed by atoms with van der Waals surface area (Å²) >= 11 is 0. The van der Waals surface area contributed by atoms with Gasteiger partial charge in [0.15, 0.2) is 0 Å². The highest BCUT2D eigenvalue weighted by atomic mass is 16.5. The molecule has 3 nitrogen and oxygen atoms in total. The van der Waals surface area contributed by atoms with Crippen LogP contribution in [0.2, 0.25) is 0 Å². The van der Waals surface area contributed by atoms with Crippen molar-refractivity contribution in [2.45, 2.75) is 58.3 Å². The molecule has 1 saturated heterocycles. The maximum atomic E-state index is 10.6. The SMILES string of the molecule is CCC1CCNC(C(O)c2cccc(OC(C)C)c2)C1. The third-order valence-electron chi connectivity index (χ3n) is 4.08. The Morgan fingerprint density at radius 1 is 1.40 bits per heavy atom. The van der Waals surface area contributed by atoms with Gasteiger partial charge in [-0.15, -0.1) is 0 Å². The number of aliphatic hydroxyl groups is 1. The van der Waals surface area contributed by atoms with E-state index in [0.717, 1.165) is 30.2 Å². The Morgan fingerprint density at radius 2 is 2.20 bits per heavy atom. The van der Waals surface area contributed by atoms with E-state index in [4.69, 9.17) is 4.74 Å². The van der Waals surface area contributed by atoms with Gasteiger partial charge in [0.1, 0.15) is 5.75 Å². The van der Waals surface area contributed by atoms with E-state index in [1.807, 2.05) is 38.1 Å². The molecule has 1 aliphatic heterocycles. The fourth-order valence-corrected chi connectivity index (χ4v) is 2.92. The highest BCUT2D eigenvalue weighted by Crippen LogP contribution is 2.29. The highest BCUT2D eigenvalue weighted by molar-refractivity contribution is 5.30. The first kappa shape index (κ1) is 15.3. The minimum Gasteiger partial charge on any atom is -0.491 e. The average Bonchev–Trinajstić information content (AvgIpc) is 2.46. The van der Waals surface area contributed by atoms with Crippen molar-refractivity contribution in [3.63, 3.8) is 0 Å². The van der Waals surface area contributed by atoms with Crippen LogP contribution in [0.5, 0.6) is 5.75 Å². The molecule has 0 spiro atoms. The Balaban J connectivity index is 2.06. The zero-order valence-electron chi connectivity index (χ0n) is 12.8. The molecule has 2 rings (SSSR count). The monoisotopic (exact) mass is 277 g/mol. The lowest BCUT2D eigenvalue weighted by molar-refractivity contribution is 0.0975. The largest absolute Gasteiger partial charge is 0.491 e. The van der Waals surface area contributed by atoms with Crippen LogP contribution in [0.25, 0.3) is 0 Å². The average molecular weight is 277 g/mol. The second-order valence-corrected chi connectivity index (χ2v) is 6.04. The summed E-state index contributed by atoms with van der Waals surface area (Å²) in [7, 11) is 0. The van der Waals surface area contributed by atoms with Gasteiger partial charge in [0, 0.05) is 6.04 Å². The third-order valence-corrected chi connectivity index (χ3v) is 4.08. The number of benzene rings is 1. The van der Waals surface area contributed by atoms with Gasteiger partial charge >= 0.3 is 0 Å². The molecule has 0 aliphatic carbocycles. The van der Waals surface area contributed by atoms with Crippen LogP contribution < -0.4 is 10.1 Å². The molecule has 1 aliphatic rings. The molecule has 0 bridgehead atoms. The topological polar surface area (TPSA) is 41.5 Å². The molecule has 3 atom stereocenters. The predicted octanol–water partition coefficient (Wildman–Crippen LogP) is 3.29. The molecule has 0 aromatic heterocycles. The number of aliphatic hydroxyl groups excluding tert-OH is 1. The van der Waals surface area contributed by atoms with Gasteiger partial charge in [-0.25, -0.2) is 0 Å². The van der Waals surface area contributed by atoms with Crippen molar-refractivity contribution in [2.75, 3.05) is 6.54 Å². The number of rotatable bonds is 5. The fourth-order valence-electron chi connectivity index (χ4n) is 2.92. The van der Waals surface area contributed by atoms with Gasteiger partial charge in [0.05, 0.1) is 12.2 Å². The van der Waals surface area contributed by atoms with E-state index in [1.165, 1.54) is 12.8 Å². The minimum atomic E-state index is -0.458. The summed E-state index contributed by atoms with van der Waals surface area (Å²) in [6, 6.07) is 8.00. The fraction of sp³-hybridized carbons (Fsp3) is 0.647. The second-order valence-electron chi connectivity index (χ2n) is 6.04. The smallest absolute Gasteiger partial charge is 0.120 e. The molecule has 1 aromatic rings. The van der Waals surface area contributed by atoms with Crippen LogP contribution in [0.1, 0.15) is 51.7 Å². The van der Waals surface area contributed by atoms with Crippen molar-refractivity contribution in [1.29, 1.82) is 0 Å². The molecule has 0 saturated carbocycles. The highest BCUT2D eigenvalue weighted by Gasteiger charge is 2.27. The van der Waals surface area contributed by atoms with Crippen molar-refractivity contribution in [3.8, 4) is 5.75 Å². The summed E-state index contributed by atoms with van der Waals surface area (Å²) in [4.78, 5) is 0. The van der Waals surface area contributed by atoms with Crippen molar-refractivity contribution >= 4 is 0 Å². The molecule has 3 unspecified atom stereocenters. The lowest BCUT2D eigenvalue weighted by atomic mass is 9.86. The maximum Gasteiger partial charge on any atom is 0.120 e. The first-order valence-electron chi connectivity index (χ1n) is 7.78. The first-order valence-corrected chi connectivity index (χ1v) is 7.78. The van der Waals surface area contributed by atoms with Crippen molar-refractivity contribution < 1.29 is 9.84 Å².